The lowest BCUT2D eigenvalue weighted by atomic mass is 10.1. The van der Waals surface area contributed by atoms with E-state index in [1.165, 1.54) is 0 Å². The van der Waals surface area contributed by atoms with Crippen molar-refractivity contribution in [3.63, 3.8) is 0 Å². The highest BCUT2D eigenvalue weighted by atomic mass is 19.2. The number of H-pyrrole nitrogens is 1. The molecule has 0 aliphatic rings. The van der Waals surface area contributed by atoms with Crippen LogP contribution in [0.5, 0.6) is 0 Å². The van der Waals surface area contributed by atoms with Gasteiger partial charge in [-0.25, -0.2) is 13.6 Å². The molecule has 1 amide bonds. The van der Waals surface area contributed by atoms with Gasteiger partial charge in [-0.05, 0) is 19.9 Å². The van der Waals surface area contributed by atoms with Crippen LogP contribution in [0.15, 0.2) is 12.1 Å². The number of aryl methyl sites for hydroxylation is 2. The van der Waals surface area contributed by atoms with Crippen molar-refractivity contribution in [2.24, 2.45) is 0 Å². The number of aromatic nitrogens is 2. The van der Waals surface area contributed by atoms with E-state index in [-0.39, 0.29) is 11.3 Å². The summed E-state index contributed by atoms with van der Waals surface area (Å²) in [6.45, 7) is 3.19. The molecule has 0 unspecified atom stereocenters. The third-order valence-corrected chi connectivity index (χ3v) is 2.89. The predicted molar refractivity (Wildman–Crippen MR) is 69.3 cm³/mol. The number of hydrogen-bond acceptors (Lipinski definition) is 3. The van der Waals surface area contributed by atoms with Crippen molar-refractivity contribution < 1.29 is 23.5 Å². The van der Waals surface area contributed by atoms with E-state index >= 15 is 0 Å². The van der Waals surface area contributed by atoms with E-state index < -0.39 is 29.1 Å². The van der Waals surface area contributed by atoms with Gasteiger partial charge in [0.15, 0.2) is 11.6 Å². The highest BCUT2D eigenvalue weighted by molar-refractivity contribution is 6.08. The molecule has 0 bridgehead atoms. The largest absolute Gasteiger partial charge is 0.478 e. The first-order valence-corrected chi connectivity index (χ1v) is 5.86. The number of nitrogens with one attached hydrogen (secondary N) is 2. The van der Waals surface area contributed by atoms with Gasteiger partial charge < -0.3 is 10.4 Å². The molecule has 0 aliphatic heterocycles. The Bertz CT molecular complexity index is 721. The molecule has 2 rings (SSSR count). The second kappa shape index (κ2) is 5.31. The third-order valence-electron chi connectivity index (χ3n) is 2.89. The summed E-state index contributed by atoms with van der Waals surface area (Å²) in [4.78, 5) is 23.1. The normalized spacial score (nSPS) is 10.5. The number of aromatic amines is 1. The van der Waals surface area contributed by atoms with Crippen LogP contribution in [0.25, 0.3) is 0 Å². The van der Waals surface area contributed by atoms with Gasteiger partial charge >= 0.3 is 5.97 Å². The van der Waals surface area contributed by atoms with Crippen LogP contribution in [0.3, 0.4) is 0 Å². The maximum atomic E-state index is 13.2. The summed E-state index contributed by atoms with van der Waals surface area (Å²) in [7, 11) is 0. The number of carbonyl (C=O) groups excluding carboxylic acids is 1. The summed E-state index contributed by atoms with van der Waals surface area (Å²) in [6.07, 6.45) is 0. The van der Waals surface area contributed by atoms with Gasteiger partial charge in [0.25, 0.3) is 5.91 Å². The molecule has 1 heterocycles. The smallest absolute Gasteiger partial charge is 0.337 e. The fourth-order valence-corrected chi connectivity index (χ4v) is 1.90. The van der Waals surface area contributed by atoms with Crippen molar-refractivity contribution in [1.29, 1.82) is 0 Å². The van der Waals surface area contributed by atoms with Gasteiger partial charge in [0.05, 0.1) is 22.5 Å². The number of carbonyl (C=O) groups is 2. The van der Waals surface area contributed by atoms with Crippen LogP contribution in [0, 0.1) is 25.5 Å². The first-order chi connectivity index (χ1) is 9.81. The minimum Gasteiger partial charge on any atom is -0.478 e. The SMILES string of the molecule is Cc1n[nH]c(C)c1C(=O)Nc1cc(F)c(F)cc1C(=O)O. The lowest BCUT2D eigenvalue weighted by Crippen LogP contribution is -2.17. The van der Waals surface area contributed by atoms with E-state index in [1.807, 2.05) is 0 Å². The number of aromatic carboxylic acids is 1. The van der Waals surface area contributed by atoms with Crippen molar-refractivity contribution in [2.75, 3.05) is 5.32 Å². The van der Waals surface area contributed by atoms with Crippen LogP contribution >= 0.6 is 0 Å². The molecular weight excluding hydrogens is 284 g/mol. The summed E-state index contributed by atoms with van der Waals surface area (Å²) in [5.74, 6) is -4.70. The number of benzene rings is 1. The predicted octanol–water partition coefficient (Wildman–Crippen LogP) is 2.26. The number of carboxylic acids is 1. The molecule has 0 saturated carbocycles. The minimum absolute atomic E-state index is 0.219. The molecule has 0 atom stereocenters. The van der Waals surface area contributed by atoms with Crippen LogP contribution in [-0.2, 0) is 0 Å². The number of rotatable bonds is 3. The maximum Gasteiger partial charge on any atom is 0.337 e. The van der Waals surface area contributed by atoms with Gasteiger partial charge in [-0.2, -0.15) is 5.10 Å². The van der Waals surface area contributed by atoms with E-state index in [9.17, 15) is 18.4 Å². The fraction of sp³-hybridized carbons (Fsp3) is 0.154. The van der Waals surface area contributed by atoms with Crippen molar-refractivity contribution in [3.05, 3.63) is 46.3 Å². The molecule has 6 nitrogen and oxygen atoms in total. The van der Waals surface area contributed by atoms with Gasteiger partial charge in [0, 0.05) is 11.8 Å². The zero-order valence-corrected chi connectivity index (χ0v) is 11.1. The second-order valence-electron chi connectivity index (χ2n) is 4.38. The quantitative estimate of drug-likeness (QED) is 0.809. The number of amides is 1. The van der Waals surface area contributed by atoms with Crippen molar-refractivity contribution in [1.82, 2.24) is 10.2 Å². The number of hydrogen-bond donors (Lipinski definition) is 3. The molecule has 0 aliphatic carbocycles. The van der Waals surface area contributed by atoms with Gasteiger partial charge in [-0.3, -0.25) is 9.89 Å². The van der Waals surface area contributed by atoms with Crippen LogP contribution in [-0.4, -0.2) is 27.2 Å². The first-order valence-electron chi connectivity index (χ1n) is 5.86. The molecule has 21 heavy (non-hydrogen) atoms. The minimum atomic E-state index is -1.48. The van der Waals surface area contributed by atoms with Crippen LogP contribution in [0.2, 0.25) is 0 Å². The lowest BCUT2D eigenvalue weighted by Gasteiger charge is -2.09. The van der Waals surface area contributed by atoms with Gasteiger partial charge in [0.2, 0.25) is 0 Å². The highest BCUT2D eigenvalue weighted by Gasteiger charge is 2.20. The standard InChI is InChI=1S/C13H11F2N3O3/c1-5-11(6(2)18-17-5)12(19)16-10-4-9(15)8(14)3-7(10)13(20)21/h3-4H,1-2H3,(H,16,19)(H,17,18)(H,20,21). The number of halogens is 2. The van der Waals surface area contributed by atoms with Crippen LogP contribution < -0.4 is 5.32 Å². The van der Waals surface area contributed by atoms with E-state index in [0.29, 0.717) is 23.5 Å². The number of anilines is 1. The third kappa shape index (κ3) is 2.73. The Morgan fingerprint density at radius 3 is 2.38 bits per heavy atom. The van der Waals surface area contributed by atoms with E-state index in [2.05, 4.69) is 15.5 Å². The topological polar surface area (TPSA) is 95.1 Å². The molecule has 0 fully saturated rings. The van der Waals surface area contributed by atoms with Gasteiger partial charge in [0.1, 0.15) is 0 Å². The molecule has 3 N–H and O–H groups in total. The molecule has 1 aromatic carbocycles. The average molecular weight is 295 g/mol. The fourth-order valence-electron chi connectivity index (χ4n) is 1.90. The van der Waals surface area contributed by atoms with E-state index in [4.69, 9.17) is 5.11 Å². The zero-order valence-electron chi connectivity index (χ0n) is 11.1. The number of carboxylic acid groups (broad SMARTS) is 1. The molecule has 0 spiro atoms. The van der Waals surface area contributed by atoms with Crippen LogP contribution in [0.4, 0.5) is 14.5 Å². The van der Waals surface area contributed by atoms with E-state index in [0.717, 1.165) is 0 Å². The molecule has 0 saturated heterocycles. The summed E-state index contributed by atoms with van der Waals surface area (Å²) in [5, 5.41) is 17.7. The van der Waals surface area contributed by atoms with Crippen molar-refractivity contribution >= 4 is 17.6 Å². The van der Waals surface area contributed by atoms with Crippen molar-refractivity contribution in [2.45, 2.75) is 13.8 Å². The molecule has 2 aromatic rings. The second-order valence-corrected chi connectivity index (χ2v) is 4.38. The summed E-state index contributed by atoms with van der Waals surface area (Å²) in [5.41, 5.74) is 0.234. The Hall–Kier alpha value is -2.77. The Kier molecular flexibility index (Phi) is 3.70. The Balaban J connectivity index is 2.42. The van der Waals surface area contributed by atoms with Gasteiger partial charge in [-0.1, -0.05) is 0 Å². The number of nitrogens with zero attached hydrogens (tertiary/aromatic N) is 1. The summed E-state index contributed by atoms with van der Waals surface area (Å²) in [6, 6.07) is 1.14. The van der Waals surface area contributed by atoms with Crippen LogP contribution in [0.1, 0.15) is 32.1 Å². The average Bonchev–Trinajstić information content (AvgIpc) is 2.72. The van der Waals surface area contributed by atoms with Crippen molar-refractivity contribution in [3.8, 4) is 0 Å². The molecular formula is C13H11F2N3O3. The Morgan fingerprint density at radius 1 is 1.24 bits per heavy atom. The molecule has 0 radical (unpaired) electrons. The molecule has 110 valence electrons. The molecule has 1 aromatic heterocycles. The van der Waals surface area contributed by atoms with Gasteiger partial charge in [-0.15, -0.1) is 0 Å². The van der Waals surface area contributed by atoms with E-state index in [1.54, 1.807) is 13.8 Å². The monoisotopic (exact) mass is 295 g/mol. The first kappa shape index (κ1) is 14.6. The zero-order chi connectivity index (χ0) is 15.7. The summed E-state index contributed by atoms with van der Waals surface area (Å²) >= 11 is 0. The lowest BCUT2D eigenvalue weighted by molar-refractivity contribution is 0.0697. The molecule has 8 heteroatoms. The Labute approximate surface area is 117 Å². The summed E-state index contributed by atoms with van der Waals surface area (Å²) < 4.78 is 26.3. The maximum absolute atomic E-state index is 13.2. The Morgan fingerprint density at radius 2 is 1.86 bits per heavy atom. The highest BCUT2D eigenvalue weighted by Crippen LogP contribution is 2.22.